The molecule has 66 heavy (non-hydrogen) atoms. The van der Waals surface area contributed by atoms with Crippen LogP contribution in [-0.4, -0.2) is 118 Å². The van der Waals surface area contributed by atoms with Gasteiger partial charge in [0.2, 0.25) is 11.8 Å². The topological polar surface area (TPSA) is 223 Å². The molecule has 18 nitrogen and oxygen atoms in total. The molecule has 1 saturated heterocycles. The smallest absolute Gasteiger partial charge is 0.266 e. The maximum atomic E-state index is 12.8. The van der Waals surface area contributed by atoms with Crippen molar-refractivity contribution in [2.75, 3.05) is 58.1 Å². The van der Waals surface area contributed by atoms with Crippen molar-refractivity contribution >= 4 is 46.7 Å². The van der Waals surface area contributed by atoms with E-state index in [1.165, 1.54) is 12.1 Å². The standard InChI is InChI=1S/C29H37N5O5.C19H20N2O6/c1-4-36-15-16-38-18-17-37-14-6-5-7-25(35)19-31-29-28(32-26-20-30-12-13-34(26)29)24-10-8-23(9-11-24)27-21(2)33-39-22(27)3;1-2-3-5-11(22)10-27-14-7-4-6-12-16(14)19(26)21(18(12)25)13-8-9-15(23)20-17(13)24/h8-13,20,31H,4-7,14-19H2,1-3H3;4,6-7,13H,2-3,5,8-10H2,1H3,(H,20,23,24). The van der Waals surface area contributed by atoms with E-state index in [2.05, 4.69) is 20.8 Å². The summed E-state index contributed by atoms with van der Waals surface area (Å²) >= 11 is 0. The van der Waals surface area contributed by atoms with Gasteiger partial charge in [-0.3, -0.25) is 48.4 Å². The number of anilines is 1. The number of nitrogens with one attached hydrogen (secondary N) is 2. The first kappa shape index (κ1) is 48.8. The Labute approximate surface area is 382 Å². The highest BCUT2D eigenvalue weighted by molar-refractivity contribution is 6.24. The van der Waals surface area contributed by atoms with Crippen LogP contribution in [0, 0.1) is 13.8 Å². The van der Waals surface area contributed by atoms with Crippen LogP contribution in [0.4, 0.5) is 5.82 Å². The van der Waals surface area contributed by atoms with Gasteiger partial charge in [-0.1, -0.05) is 48.8 Å². The van der Waals surface area contributed by atoms with Gasteiger partial charge in [0.15, 0.2) is 17.2 Å². The van der Waals surface area contributed by atoms with E-state index in [-0.39, 0.29) is 54.4 Å². The number of hydrogen-bond acceptors (Lipinski definition) is 15. The Kier molecular flexibility index (Phi) is 17.8. The molecule has 3 aromatic heterocycles. The Morgan fingerprint density at radius 2 is 1.58 bits per heavy atom. The summed E-state index contributed by atoms with van der Waals surface area (Å²) in [5, 5.41) is 9.53. The van der Waals surface area contributed by atoms with Crippen LogP contribution in [0.25, 0.3) is 28.0 Å². The summed E-state index contributed by atoms with van der Waals surface area (Å²) in [4.78, 5) is 83.2. The van der Waals surface area contributed by atoms with Crippen molar-refractivity contribution in [2.45, 2.75) is 85.1 Å². The molecule has 2 aliphatic heterocycles. The number of ether oxygens (including phenoxy) is 4. The van der Waals surface area contributed by atoms with Gasteiger partial charge in [0, 0.05) is 56.0 Å². The van der Waals surface area contributed by atoms with Crippen LogP contribution in [0.2, 0.25) is 0 Å². The number of hydrogen-bond donors (Lipinski definition) is 2. The second kappa shape index (κ2) is 24.1. The molecule has 1 unspecified atom stereocenters. The molecule has 4 amide bonds. The van der Waals surface area contributed by atoms with Crippen molar-refractivity contribution in [3.8, 4) is 28.1 Å². The van der Waals surface area contributed by atoms with Gasteiger partial charge < -0.3 is 28.8 Å². The van der Waals surface area contributed by atoms with E-state index in [0.717, 1.165) is 70.2 Å². The van der Waals surface area contributed by atoms with Crippen LogP contribution in [-0.2, 0) is 33.4 Å². The fourth-order valence-electron chi connectivity index (χ4n) is 7.56. The predicted octanol–water partition coefficient (Wildman–Crippen LogP) is 6.12. The van der Waals surface area contributed by atoms with Crippen LogP contribution < -0.4 is 15.4 Å². The van der Waals surface area contributed by atoms with Gasteiger partial charge in [0.25, 0.3) is 11.8 Å². The van der Waals surface area contributed by atoms with Crippen LogP contribution >= 0.6 is 0 Å². The molecular formula is C48H57N7O11. The quantitative estimate of drug-likeness (QED) is 0.0526. The van der Waals surface area contributed by atoms with Crippen molar-refractivity contribution in [3.05, 3.63) is 83.6 Å². The number of aromatic nitrogens is 4. The second-order valence-corrected chi connectivity index (χ2v) is 15.7. The average Bonchev–Trinajstić information content (AvgIpc) is 3.95. The van der Waals surface area contributed by atoms with Gasteiger partial charge in [-0.2, -0.15) is 0 Å². The summed E-state index contributed by atoms with van der Waals surface area (Å²) < 4.78 is 29.0. The molecule has 7 rings (SSSR count). The fraction of sp³-hybridized carbons (Fsp3) is 0.438. The minimum absolute atomic E-state index is 0.0514. The number of imidazole rings is 1. The van der Waals surface area contributed by atoms with Crippen molar-refractivity contribution in [1.82, 2.24) is 29.7 Å². The predicted molar refractivity (Wildman–Crippen MR) is 242 cm³/mol. The van der Waals surface area contributed by atoms with Crippen molar-refractivity contribution in [2.24, 2.45) is 0 Å². The van der Waals surface area contributed by atoms with Gasteiger partial charge in [-0.15, -0.1) is 0 Å². The zero-order valence-corrected chi connectivity index (χ0v) is 37.9. The highest BCUT2D eigenvalue weighted by Gasteiger charge is 2.46. The van der Waals surface area contributed by atoms with E-state index in [1.54, 1.807) is 18.5 Å². The van der Waals surface area contributed by atoms with Gasteiger partial charge in [0.05, 0.1) is 56.0 Å². The van der Waals surface area contributed by atoms with E-state index in [9.17, 15) is 28.8 Å². The third kappa shape index (κ3) is 12.4. The lowest BCUT2D eigenvalue weighted by molar-refractivity contribution is -0.136. The number of ketones is 2. The maximum absolute atomic E-state index is 12.8. The fourth-order valence-corrected chi connectivity index (χ4v) is 7.56. The molecule has 1 fully saturated rings. The zero-order chi connectivity index (χ0) is 47.0. The number of rotatable bonds is 24. The van der Waals surface area contributed by atoms with E-state index in [4.69, 9.17) is 28.5 Å². The Bertz CT molecular complexity index is 2480. The Morgan fingerprint density at radius 1 is 0.848 bits per heavy atom. The third-order valence-corrected chi connectivity index (χ3v) is 10.9. The molecule has 5 heterocycles. The maximum Gasteiger partial charge on any atom is 0.266 e. The molecule has 5 aromatic rings. The largest absolute Gasteiger partial charge is 0.485 e. The molecule has 350 valence electrons. The summed E-state index contributed by atoms with van der Waals surface area (Å²) in [6.45, 7) is 11.4. The minimum atomic E-state index is -1.03. The lowest BCUT2D eigenvalue weighted by Crippen LogP contribution is -2.54. The highest BCUT2D eigenvalue weighted by Crippen LogP contribution is 2.35. The molecular weight excluding hydrogens is 851 g/mol. The summed E-state index contributed by atoms with van der Waals surface area (Å²) in [7, 11) is 0. The Hall–Kier alpha value is -6.63. The Balaban J connectivity index is 0.000000233. The van der Waals surface area contributed by atoms with Crippen molar-refractivity contribution < 1.29 is 52.2 Å². The summed E-state index contributed by atoms with van der Waals surface area (Å²) in [5.41, 5.74) is 5.47. The number of nitrogens with zero attached hydrogens (tertiary/aromatic N) is 5. The lowest BCUT2D eigenvalue weighted by Gasteiger charge is -2.27. The molecule has 0 spiro atoms. The number of amides is 4. The van der Waals surface area contributed by atoms with Gasteiger partial charge in [-0.25, -0.2) is 4.98 Å². The van der Waals surface area contributed by atoms with Crippen LogP contribution in [0.1, 0.15) is 97.4 Å². The van der Waals surface area contributed by atoms with E-state index >= 15 is 0 Å². The third-order valence-electron chi connectivity index (χ3n) is 10.9. The van der Waals surface area contributed by atoms with Crippen LogP contribution in [0.5, 0.6) is 5.75 Å². The number of benzene rings is 2. The van der Waals surface area contributed by atoms with Gasteiger partial charge >= 0.3 is 0 Å². The first-order chi connectivity index (χ1) is 32.0. The summed E-state index contributed by atoms with van der Waals surface area (Å²) in [5.74, 6) is -0.613. The number of carbonyl (C=O) groups excluding carboxylic acids is 6. The molecule has 0 aliphatic carbocycles. The van der Waals surface area contributed by atoms with Gasteiger partial charge in [0.1, 0.15) is 35.7 Å². The first-order valence-corrected chi connectivity index (χ1v) is 22.4. The van der Waals surface area contributed by atoms with E-state index in [0.29, 0.717) is 58.1 Å². The van der Waals surface area contributed by atoms with Crippen LogP contribution in [0.15, 0.2) is 65.6 Å². The number of fused-ring (bicyclic) bond motifs is 2. The number of imide groups is 2. The van der Waals surface area contributed by atoms with Gasteiger partial charge in [-0.05, 0) is 64.2 Å². The summed E-state index contributed by atoms with van der Waals surface area (Å²) in [6, 6.07) is 11.6. The lowest BCUT2D eigenvalue weighted by atomic mass is 10.0. The Morgan fingerprint density at radius 3 is 2.29 bits per heavy atom. The normalized spacial score (nSPS) is 14.5. The SMILES string of the molecule is CCCCC(=O)COc1cccc2c1C(=O)N(C1CCC(=O)NC1=O)C2=O.CCOCCOCCOCCCCC(=O)CNc1c(-c2ccc(-c3c(C)noc3C)cc2)nc2cnccn12. The number of Topliss-reactive ketones (excluding diaryl/α,β-unsaturated/α-hetero) is 2. The minimum Gasteiger partial charge on any atom is -0.485 e. The molecule has 2 aromatic carbocycles. The van der Waals surface area contributed by atoms with Crippen molar-refractivity contribution in [3.63, 3.8) is 0 Å². The molecule has 0 radical (unpaired) electrons. The molecule has 0 bridgehead atoms. The van der Waals surface area contributed by atoms with E-state index < -0.39 is 29.7 Å². The monoisotopic (exact) mass is 907 g/mol. The number of unbranched alkanes of at least 4 members (excludes halogenated alkanes) is 2. The van der Waals surface area contributed by atoms with Crippen molar-refractivity contribution in [1.29, 1.82) is 0 Å². The molecule has 0 saturated carbocycles. The highest BCUT2D eigenvalue weighted by atomic mass is 16.5. The molecule has 1 atom stereocenters. The summed E-state index contributed by atoms with van der Waals surface area (Å²) in [6.07, 6.45) is 9.52. The average molecular weight is 908 g/mol. The number of aryl methyl sites for hydroxylation is 2. The molecule has 2 aliphatic rings. The van der Waals surface area contributed by atoms with E-state index in [1.807, 2.05) is 62.6 Å². The number of carbonyl (C=O) groups is 6. The second-order valence-electron chi connectivity index (χ2n) is 15.7. The molecule has 2 N–H and O–H groups in total. The first-order valence-electron chi connectivity index (χ1n) is 22.4. The number of piperidine rings is 1. The zero-order valence-electron chi connectivity index (χ0n) is 37.9. The van der Waals surface area contributed by atoms with Crippen LogP contribution in [0.3, 0.4) is 0 Å². The molecule has 18 heteroatoms.